The van der Waals surface area contributed by atoms with Gasteiger partial charge in [-0.15, -0.1) is 0 Å². The lowest BCUT2D eigenvalue weighted by atomic mass is 10.2. The first-order chi connectivity index (χ1) is 11.1. The van der Waals surface area contributed by atoms with Gasteiger partial charge in [-0.25, -0.2) is 0 Å². The highest BCUT2D eigenvalue weighted by Gasteiger charge is 2.07. The van der Waals surface area contributed by atoms with E-state index in [2.05, 4.69) is 6.92 Å². The van der Waals surface area contributed by atoms with Crippen molar-refractivity contribution in [2.24, 2.45) is 0 Å². The second-order valence-corrected chi connectivity index (χ2v) is 5.78. The number of ether oxygens (including phenoxy) is 2. The lowest BCUT2D eigenvalue weighted by Crippen LogP contribution is -2.09. The molecule has 0 aliphatic carbocycles. The average molecular weight is 320 g/mol. The Morgan fingerprint density at radius 2 is 1.70 bits per heavy atom. The monoisotopic (exact) mass is 320 g/mol. The summed E-state index contributed by atoms with van der Waals surface area (Å²) in [7, 11) is 0. The lowest BCUT2D eigenvalue weighted by Gasteiger charge is -2.06. The molecule has 0 amide bonds. The number of aryl methyl sites for hydroxylation is 1. The van der Waals surface area contributed by atoms with Crippen LogP contribution in [-0.2, 0) is 14.3 Å². The highest BCUT2D eigenvalue weighted by molar-refractivity contribution is 5.72. The summed E-state index contributed by atoms with van der Waals surface area (Å²) in [5, 5.41) is 0. The summed E-state index contributed by atoms with van der Waals surface area (Å²) in [5.74, 6) is 0.138. The zero-order valence-corrected chi connectivity index (χ0v) is 14.3. The topological polar surface area (TPSA) is 52.6 Å². The van der Waals surface area contributed by atoms with Crippen molar-refractivity contribution in [3.8, 4) is 5.75 Å². The summed E-state index contributed by atoms with van der Waals surface area (Å²) < 4.78 is 10.4. The van der Waals surface area contributed by atoms with E-state index in [1.54, 1.807) is 6.07 Å². The number of carbonyl (C=O) groups excluding carboxylic acids is 2. The fraction of sp³-hybridized carbons (Fsp3) is 0.579. The Labute approximate surface area is 139 Å². The number of esters is 2. The van der Waals surface area contributed by atoms with E-state index in [-0.39, 0.29) is 11.9 Å². The quantitative estimate of drug-likeness (QED) is 0.340. The molecule has 0 aliphatic heterocycles. The number of hydrogen-bond donors (Lipinski definition) is 0. The molecule has 0 saturated carbocycles. The van der Waals surface area contributed by atoms with Crippen LogP contribution in [0.15, 0.2) is 24.3 Å². The lowest BCUT2D eigenvalue weighted by molar-refractivity contribution is -0.144. The molecule has 4 heteroatoms. The van der Waals surface area contributed by atoms with E-state index in [9.17, 15) is 9.59 Å². The summed E-state index contributed by atoms with van der Waals surface area (Å²) in [6.45, 7) is 4.61. The van der Waals surface area contributed by atoms with Crippen LogP contribution < -0.4 is 4.74 Å². The minimum Gasteiger partial charge on any atom is -0.466 e. The molecule has 0 heterocycles. The van der Waals surface area contributed by atoms with Gasteiger partial charge in [-0.2, -0.15) is 0 Å². The van der Waals surface area contributed by atoms with Gasteiger partial charge in [0.15, 0.2) is 0 Å². The summed E-state index contributed by atoms with van der Waals surface area (Å²) in [6, 6.07) is 7.40. The highest BCUT2D eigenvalue weighted by atomic mass is 16.5. The molecule has 0 atom stereocenters. The second kappa shape index (κ2) is 11.7. The van der Waals surface area contributed by atoms with Crippen LogP contribution in [0.3, 0.4) is 0 Å². The second-order valence-electron chi connectivity index (χ2n) is 5.78. The maximum Gasteiger partial charge on any atom is 0.311 e. The standard InChI is InChI=1S/C19H28O4/c1-3-4-5-8-14-22-18(20)12-6-7-13-19(21)23-17-11-9-10-16(2)15-17/h9-11,15H,3-8,12-14H2,1-2H3. The van der Waals surface area contributed by atoms with Crippen molar-refractivity contribution in [2.75, 3.05) is 6.61 Å². The van der Waals surface area contributed by atoms with E-state index in [0.29, 0.717) is 38.0 Å². The van der Waals surface area contributed by atoms with Gasteiger partial charge in [0, 0.05) is 12.8 Å². The first-order valence-corrected chi connectivity index (χ1v) is 8.54. The largest absolute Gasteiger partial charge is 0.466 e. The minimum absolute atomic E-state index is 0.173. The third-order valence-electron chi connectivity index (χ3n) is 3.49. The smallest absolute Gasteiger partial charge is 0.311 e. The molecule has 1 rings (SSSR count). The summed E-state index contributed by atoms with van der Waals surface area (Å²) in [5.41, 5.74) is 1.05. The molecule has 0 N–H and O–H groups in total. The van der Waals surface area contributed by atoms with Gasteiger partial charge in [-0.3, -0.25) is 9.59 Å². The van der Waals surface area contributed by atoms with Crippen LogP contribution in [0, 0.1) is 6.92 Å². The molecule has 0 bridgehead atoms. The van der Waals surface area contributed by atoms with E-state index in [1.165, 1.54) is 12.8 Å². The van der Waals surface area contributed by atoms with Crippen molar-refractivity contribution in [3.63, 3.8) is 0 Å². The van der Waals surface area contributed by atoms with Crippen LogP contribution in [0.2, 0.25) is 0 Å². The van der Waals surface area contributed by atoms with E-state index in [1.807, 2.05) is 25.1 Å². The third-order valence-corrected chi connectivity index (χ3v) is 3.49. The zero-order chi connectivity index (χ0) is 16.9. The van der Waals surface area contributed by atoms with Crippen molar-refractivity contribution in [1.29, 1.82) is 0 Å². The Kier molecular flexibility index (Phi) is 9.76. The molecule has 0 saturated heterocycles. The maximum absolute atomic E-state index is 11.7. The van der Waals surface area contributed by atoms with Gasteiger partial charge >= 0.3 is 11.9 Å². The highest BCUT2D eigenvalue weighted by Crippen LogP contribution is 2.14. The Morgan fingerprint density at radius 3 is 2.39 bits per heavy atom. The Balaban J connectivity index is 2.05. The fourth-order valence-electron chi connectivity index (χ4n) is 2.19. The van der Waals surface area contributed by atoms with Gasteiger partial charge in [0.1, 0.15) is 5.75 Å². The Hall–Kier alpha value is -1.84. The first kappa shape index (κ1) is 19.2. The van der Waals surface area contributed by atoms with Gasteiger partial charge in [0.25, 0.3) is 0 Å². The minimum atomic E-state index is -0.261. The summed E-state index contributed by atoms with van der Waals surface area (Å²) in [6.07, 6.45) is 6.36. The molecule has 0 spiro atoms. The summed E-state index contributed by atoms with van der Waals surface area (Å²) in [4.78, 5) is 23.2. The van der Waals surface area contributed by atoms with E-state index in [0.717, 1.165) is 18.4 Å². The third kappa shape index (κ3) is 9.72. The molecule has 0 aliphatic rings. The van der Waals surface area contributed by atoms with Crippen LogP contribution in [-0.4, -0.2) is 18.5 Å². The number of unbranched alkanes of at least 4 members (excludes halogenated alkanes) is 4. The van der Waals surface area contributed by atoms with Gasteiger partial charge in [0.05, 0.1) is 6.61 Å². The zero-order valence-electron chi connectivity index (χ0n) is 14.3. The molecular formula is C19H28O4. The van der Waals surface area contributed by atoms with Crippen LogP contribution >= 0.6 is 0 Å². The SMILES string of the molecule is CCCCCCOC(=O)CCCCC(=O)Oc1cccc(C)c1. The molecule has 0 aromatic heterocycles. The normalized spacial score (nSPS) is 10.3. The van der Waals surface area contributed by atoms with Crippen molar-refractivity contribution in [2.45, 2.75) is 65.2 Å². The molecule has 4 nitrogen and oxygen atoms in total. The van der Waals surface area contributed by atoms with E-state index >= 15 is 0 Å². The van der Waals surface area contributed by atoms with Crippen LogP contribution in [0.5, 0.6) is 5.75 Å². The van der Waals surface area contributed by atoms with Crippen molar-refractivity contribution in [1.82, 2.24) is 0 Å². The molecule has 23 heavy (non-hydrogen) atoms. The molecule has 1 aromatic carbocycles. The predicted molar refractivity (Wildman–Crippen MR) is 90.4 cm³/mol. The summed E-state index contributed by atoms with van der Waals surface area (Å²) >= 11 is 0. The Morgan fingerprint density at radius 1 is 0.957 bits per heavy atom. The molecule has 0 radical (unpaired) electrons. The van der Waals surface area contributed by atoms with Crippen molar-refractivity contribution >= 4 is 11.9 Å². The van der Waals surface area contributed by atoms with Gasteiger partial charge in [0.2, 0.25) is 0 Å². The fourth-order valence-corrected chi connectivity index (χ4v) is 2.19. The molecule has 0 unspecified atom stereocenters. The van der Waals surface area contributed by atoms with E-state index < -0.39 is 0 Å². The van der Waals surface area contributed by atoms with Gasteiger partial charge < -0.3 is 9.47 Å². The van der Waals surface area contributed by atoms with Gasteiger partial charge in [-0.1, -0.05) is 38.3 Å². The van der Waals surface area contributed by atoms with Crippen LogP contribution in [0.4, 0.5) is 0 Å². The van der Waals surface area contributed by atoms with Gasteiger partial charge in [-0.05, 0) is 43.9 Å². The van der Waals surface area contributed by atoms with Crippen molar-refractivity contribution in [3.05, 3.63) is 29.8 Å². The molecule has 128 valence electrons. The molecule has 1 aromatic rings. The molecule has 0 fully saturated rings. The van der Waals surface area contributed by atoms with Crippen LogP contribution in [0.25, 0.3) is 0 Å². The van der Waals surface area contributed by atoms with Crippen molar-refractivity contribution < 1.29 is 19.1 Å². The number of rotatable bonds is 11. The number of hydrogen-bond acceptors (Lipinski definition) is 4. The average Bonchev–Trinajstić information content (AvgIpc) is 2.51. The number of carbonyl (C=O) groups is 2. The van der Waals surface area contributed by atoms with E-state index in [4.69, 9.17) is 9.47 Å². The Bertz CT molecular complexity index is 482. The maximum atomic E-state index is 11.7. The predicted octanol–water partition coefficient (Wildman–Crippen LogP) is 4.58. The first-order valence-electron chi connectivity index (χ1n) is 8.54. The number of benzene rings is 1. The molecular weight excluding hydrogens is 292 g/mol. The van der Waals surface area contributed by atoms with Crippen LogP contribution in [0.1, 0.15) is 63.9 Å².